The maximum atomic E-state index is 12.1. The maximum absolute atomic E-state index is 12.1. The summed E-state index contributed by atoms with van der Waals surface area (Å²) in [6.45, 7) is 4.09. The zero-order chi connectivity index (χ0) is 24.6. The summed E-state index contributed by atoms with van der Waals surface area (Å²) in [5.41, 5.74) is 0. The molecule has 3 atom stereocenters. The minimum absolute atomic E-state index is 0.153. The van der Waals surface area contributed by atoms with Gasteiger partial charge in [-0.05, 0) is 12.8 Å². The van der Waals surface area contributed by atoms with Crippen molar-refractivity contribution in [3.63, 3.8) is 0 Å². The van der Waals surface area contributed by atoms with E-state index in [9.17, 15) is 20.1 Å². The zero-order valence-corrected chi connectivity index (χ0v) is 22.0. The molecule has 0 bridgehead atoms. The van der Waals surface area contributed by atoms with Crippen LogP contribution in [0.2, 0.25) is 0 Å². The smallest absolute Gasteiger partial charge is 0.220 e. The van der Waals surface area contributed by atoms with Gasteiger partial charge in [0.1, 0.15) is 6.10 Å². The predicted molar refractivity (Wildman–Crippen MR) is 139 cm³/mol. The van der Waals surface area contributed by atoms with Crippen molar-refractivity contribution >= 4 is 5.91 Å². The van der Waals surface area contributed by atoms with Crippen molar-refractivity contribution in [1.29, 1.82) is 0 Å². The first kappa shape index (κ1) is 32.4. The molecule has 0 spiro atoms. The Morgan fingerprint density at radius 2 is 1.03 bits per heavy atom. The molecule has 0 saturated heterocycles. The van der Waals surface area contributed by atoms with E-state index in [4.69, 9.17) is 0 Å². The van der Waals surface area contributed by atoms with Crippen LogP contribution in [0.3, 0.4) is 0 Å². The third-order valence-corrected chi connectivity index (χ3v) is 6.71. The second kappa shape index (κ2) is 24.5. The number of rotatable bonds is 25. The first-order valence-corrected chi connectivity index (χ1v) is 14.3. The van der Waals surface area contributed by atoms with Crippen molar-refractivity contribution < 1.29 is 20.1 Å². The van der Waals surface area contributed by atoms with Gasteiger partial charge in [0, 0.05) is 6.42 Å². The van der Waals surface area contributed by atoms with Gasteiger partial charge < -0.3 is 20.6 Å². The number of unbranched alkanes of at least 4 members (excludes halogenated alkanes) is 17. The van der Waals surface area contributed by atoms with Gasteiger partial charge in [0.05, 0.1) is 18.8 Å². The topological polar surface area (TPSA) is 89.8 Å². The Hall–Kier alpha value is -0.650. The van der Waals surface area contributed by atoms with E-state index < -0.39 is 18.2 Å². The molecule has 4 N–H and O–H groups in total. The molecule has 5 nitrogen and oxygen atoms in total. The predicted octanol–water partition coefficient (Wildman–Crippen LogP) is 6.42. The number of carbonyl (C=O) groups is 1. The Labute approximate surface area is 205 Å². The maximum Gasteiger partial charge on any atom is 0.220 e. The molecule has 0 aliphatic rings. The monoisotopic (exact) mass is 471 g/mol. The average Bonchev–Trinajstić information content (AvgIpc) is 2.82. The summed E-state index contributed by atoms with van der Waals surface area (Å²) in [5, 5.41) is 32.9. The summed E-state index contributed by atoms with van der Waals surface area (Å²) in [6.07, 6.45) is 21.9. The molecule has 0 heterocycles. The van der Waals surface area contributed by atoms with Gasteiger partial charge in [0.15, 0.2) is 0 Å². The van der Waals surface area contributed by atoms with E-state index in [1.165, 1.54) is 83.5 Å². The van der Waals surface area contributed by atoms with Gasteiger partial charge in [0.25, 0.3) is 0 Å². The molecule has 0 aromatic rings. The lowest BCUT2D eigenvalue weighted by molar-refractivity contribution is -0.124. The van der Waals surface area contributed by atoms with Crippen molar-refractivity contribution in [3.05, 3.63) is 0 Å². The molecule has 0 rings (SSSR count). The third-order valence-electron chi connectivity index (χ3n) is 6.71. The van der Waals surface area contributed by atoms with Crippen LogP contribution < -0.4 is 5.32 Å². The van der Waals surface area contributed by atoms with E-state index in [2.05, 4.69) is 19.2 Å². The number of amides is 1. The first-order chi connectivity index (χ1) is 16.1. The fourth-order valence-corrected chi connectivity index (χ4v) is 4.39. The molecule has 0 saturated carbocycles. The van der Waals surface area contributed by atoms with E-state index in [0.717, 1.165) is 38.5 Å². The lowest BCUT2D eigenvalue weighted by Crippen LogP contribution is -2.50. The Morgan fingerprint density at radius 3 is 1.45 bits per heavy atom. The van der Waals surface area contributed by atoms with Crippen molar-refractivity contribution in [1.82, 2.24) is 5.32 Å². The number of aliphatic hydroxyl groups is 3. The van der Waals surface area contributed by atoms with E-state index in [0.29, 0.717) is 12.8 Å². The van der Waals surface area contributed by atoms with E-state index >= 15 is 0 Å². The molecule has 0 radical (unpaired) electrons. The summed E-state index contributed by atoms with van der Waals surface area (Å²) in [7, 11) is 0. The lowest BCUT2D eigenvalue weighted by atomic mass is 9.99. The second-order valence-electron chi connectivity index (χ2n) is 9.96. The molecule has 33 heavy (non-hydrogen) atoms. The minimum Gasteiger partial charge on any atom is -0.394 e. The van der Waals surface area contributed by atoms with Crippen LogP contribution in [0.1, 0.15) is 149 Å². The first-order valence-electron chi connectivity index (χ1n) is 14.3. The van der Waals surface area contributed by atoms with Gasteiger partial charge in [-0.1, -0.05) is 129 Å². The third kappa shape index (κ3) is 20.4. The highest BCUT2D eigenvalue weighted by Crippen LogP contribution is 2.15. The van der Waals surface area contributed by atoms with E-state index in [1.54, 1.807) is 0 Å². The van der Waals surface area contributed by atoms with Crippen LogP contribution in [0, 0.1) is 0 Å². The van der Waals surface area contributed by atoms with Gasteiger partial charge in [0.2, 0.25) is 5.91 Å². The van der Waals surface area contributed by atoms with E-state index in [1.807, 2.05) is 0 Å². The summed E-state index contributed by atoms with van der Waals surface area (Å²) in [4.78, 5) is 12.1. The van der Waals surface area contributed by atoms with Gasteiger partial charge in [-0.2, -0.15) is 0 Å². The molecule has 0 aromatic heterocycles. The molecule has 0 aromatic carbocycles. The highest BCUT2D eigenvalue weighted by Gasteiger charge is 2.26. The summed E-state index contributed by atoms with van der Waals surface area (Å²) >= 11 is 0. The van der Waals surface area contributed by atoms with Crippen molar-refractivity contribution in [2.75, 3.05) is 6.61 Å². The molecule has 1 amide bonds. The van der Waals surface area contributed by atoms with Crippen LogP contribution in [0.4, 0.5) is 0 Å². The van der Waals surface area contributed by atoms with Crippen LogP contribution in [-0.2, 0) is 4.79 Å². The van der Waals surface area contributed by atoms with Crippen molar-refractivity contribution in [2.24, 2.45) is 0 Å². The summed E-state index contributed by atoms with van der Waals surface area (Å²) in [5.74, 6) is -0.153. The van der Waals surface area contributed by atoms with Crippen LogP contribution in [0.5, 0.6) is 0 Å². The van der Waals surface area contributed by atoms with Gasteiger partial charge in [-0.3, -0.25) is 4.79 Å². The van der Waals surface area contributed by atoms with Crippen LogP contribution in [0.25, 0.3) is 0 Å². The van der Waals surface area contributed by atoms with Crippen LogP contribution in [0.15, 0.2) is 0 Å². The van der Waals surface area contributed by atoms with Gasteiger partial charge in [-0.25, -0.2) is 0 Å². The normalized spacial score (nSPS) is 14.2. The quantitative estimate of drug-likeness (QED) is 0.116. The Bertz CT molecular complexity index is 419. The Balaban J connectivity index is 3.76. The molecular formula is C28H57NO4. The highest BCUT2D eigenvalue weighted by molar-refractivity contribution is 5.76. The van der Waals surface area contributed by atoms with Gasteiger partial charge >= 0.3 is 0 Å². The largest absolute Gasteiger partial charge is 0.394 e. The molecule has 0 fully saturated rings. The van der Waals surface area contributed by atoms with Crippen LogP contribution >= 0.6 is 0 Å². The fraction of sp³-hybridized carbons (Fsp3) is 0.964. The lowest BCUT2D eigenvalue weighted by Gasteiger charge is -2.26. The minimum atomic E-state index is -1.12. The Kier molecular flexibility index (Phi) is 24.0. The molecule has 198 valence electrons. The van der Waals surface area contributed by atoms with Crippen molar-refractivity contribution in [3.8, 4) is 0 Å². The van der Waals surface area contributed by atoms with Crippen molar-refractivity contribution in [2.45, 2.75) is 167 Å². The van der Waals surface area contributed by atoms with E-state index in [-0.39, 0.29) is 12.5 Å². The number of nitrogens with one attached hydrogen (secondary N) is 1. The standard InChI is InChI=1S/C28H57NO4/c1-3-5-7-9-11-12-13-14-15-17-18-20-22-26(31)28(33)25(24-30)29-27(32)23-21-19-16-10-8-6-4-2/h25-26,28,30-31,33H,3-24H2,1-2H3,(H,29,32)/t25-,26-,28+/m0/s1. The molecule has 0 aliphatic heterocycles. The number of aliphatic hydroxyl groups excluding tert-OH is 3. The van der Waals surface area contributed by atoms with Crippen LogP contribution in [-0.4, -0.2) is 46.1 Å². The number of hydrogen-bond donors (Lipinski definition) is 4. The van der Waals surface area contributed by atoms with Gasteiger partial charge in [-0.15, -0.1) is 0 Å². The Morgan fingerprint density at radius 1 is 0.636 bits per heavy atom. The second-order valence-corrected chi connectivity index (χ2v) is 9.96. The SMILES string of the molecule is CCCCCCCCCCCCCC[C@H](O)[C@H](O)[C@H](CO)NC(=O)CCCCCCCCC. The molecule has 5 heteroatoms. The number of hydrogen-bond acceptors (Lipinski definition) is 4. The summed E-state index contributed by atoms with van der Waals surface area (Å²) < 4.78 is 0. The average molecular weight is 472 g/mol. The molecule has 0 unspecified atom stereocenters. The summed E-state index contributed by atoms with van der Waals surface area (Å²) in [6, 6.07) is -0.797. The number of carbonyl (C=O) groups excluding carboxylic acids is 1. The molecular weight excluding hydrogens is 414 g/mol. The fourth-order valence-electron chi connectivity index (χ4n) is 4.39. The zero-order valence-electron chi connectivity index (χ0n) is 22.0. The molecule has 0 aliphatic carbocycles. The highest BCUT2D eigenvalue weighted by atomic mass is 16.3.